The molecule has 0 spiro atoms. The van der Waals surface area contributed by atoms with E-state index in [-0.39, 0.29) is 0 Å². The number of hydrogen-bond acceptors (Lipinski definition) is 3. The largest absolute Gasteiger partial charge is 0.444 e. The van der Waals surface area contributed by atoms with Gasteiger partial charge in [0.05, 0.1) is 6.54 Å². The second-order valence-corrected chi connectivity index (χ2v) is 4.05. The summed E-state index contributed by atoms with van der Waals surface area (Å²) in [4.78, 5) is 23.1. The maximum Gasteiger partial charge on any atom is 0.411 e. The average molecular weight is 186 g/mol. The number of amides is 2. The maximum atomic E-state index is 11.2. The third-order valence-corrected chi connectivity index (χ3v) is 1.57. The van der Waals surface area contributed by atoms with Gasteiger partial charge in [0.2, 0.25) is 5.91 Å². The normalized spacial score (nSPS) is 21.2. The lowest BCUT2D eigenvalue weighted by atomic mass is 10.2. The minimum atomic E-state index is -0.526. The molecule has 13 heavy (non-hydrogen) atoms. The first-order valence-corrected chi connectivity index (χ1v) is 4.10. The van der Waals surface area contributed by atoms with Crippen LogP contribution in [0.3, 0.4) is 0 Å². The van der Waals surface area contributed by atoms with Gasteiger partial charge in [0, 0.05) is 0 Å². The summed E-state index contributed by atoms with van der Waals surface area (Å²) in [5.74, 6) is -0.481. The van der Waals surface area contributed by atoms with E-state index in [1.165, 1.54) is 4.90 Å². The van der Waals surface area contributed by atoms with Gasteiger partial charge in [-0.2, -0.15) is 0 Å². The summed E-state index contributed by atoms with van der Waals surface area (Å²) in [5, 5.41) is 0. The van der Waals surface area contributed by atoms with Gasteiger partial charge in [0.1, 0.15) is 11.6 Å². The molecule has 1 rings (SSSR count). The number of carbonyl (C=O) groups is 2. The van der Waals surface area contributed by atoms with Crippen LogP contribution in [0.25, 0.3) is 0 Å². The molecule has 5 nitrogen and oxygen atoms in total. The van der Waals surface area contributed by atoms with Crippen molar-refractivity contribution in [3.8, 4) is 0 Å². The van der Waals surface area contributed by atoms with Gasteiger partial charge >= 0.3 is 6.09 Å². The van der Waals surface area contributed by atoms with Gasteiger partial charge < -0.3 is 10.5 Å². The zero-order valence-corrected chi connectivity index (χ0v) is 8.03. The van der Waals surface area contributed by atoms with Crippen molar-refractivity contribution < 1.29 is 14.3 Å². The third kappa shape index (κ3) is 2.61. The van der Waals surface area contributed by atoms with E-state index in [0.29, 0.717) is 6.54 Å². The summed E-state index contributed by atoms with van der Waals surface area (Å²) in [6.07, 6.45) is -0.476. The highest BCUT2D eigenvalue weighted by molar-refractivity contribution is 5.89. The first-order chi connectivity index (χ1) is 5.81. The summed E-state index contributed by atoms with van der Waals surface area (Å²) in [6, 6.07) is -0.463. The van der Waals surface area contributed by atoms with E-state index in [1.807, 2.05) is 0 Å². The van der Waals surface area contributed by atoms with Gasteiger partial charge in [-0.3, -0.25) is 9.69 Å². The van der Waals surface area contributed by atoms with Crippen LogP contribution in [0.15, 0.2) is 0 Å². The highest BCUT2D eigenvalue weighted by atomic mass is 16.6. The number of hydrogen-bond donors (Lipinski definition) is 1. The molecule has 1 aliphatic heterocycles. The van der Waals surface area contributed by atoms with Crippen molar-refractivity contribution in [2.75, 3.05) is 6.54 Å². The Labute approximate surface area is 76.8 Å². The summed E-state index contributed by atoms with van der Waals surface area (Å²) < 4.78 is 5.02. The van der Waals surface area contributed by atoms with Crippen molar-refractivity contribution in [2.45, 2.75) is 32.4 Å². The Morgan fingerprint density at radius 3 is 2.31 bits per heavy atom. The van der Waals surface area contributed by atoms with Crippen molar-refractivity contribution in [1.82, 2.24) is 4.90 Å². The predicted octanol–water partition coefficient (Wildman–Crippen LogP) is 0.0910. The molecule has 1 atom stereocenters. The van der Waals surface area contributed by atoms with Crippen molar-refractivity contribution in [2.24, 2.45) is 5.73 Å². The maximum absolute atomic E-state index is 11.2. The van der Waals surface area contributed by atoms with Crippen molar-refractivity contribution >= 4 is 12.0 Å². The van der Waals surface area contributed by atoms with Crippen LogP contribution < -0.4 is 5.73 Å². The van der Waals surface area contributed by atoms with E-state index in [9.17, 15) is 9.59 Å². The topological polar surface area (TPSA) is 72.4 Å². The zero-order chi connectivity index (χ0) is 10.2. The second kappa shape index (κ2) is 2.90. The summed E-state index contributed by atoms with van der Waals surface area (Å²) in [7, 11) is 0. The quantitative estimate of drug-likeness (QED) is 0.590. The fourth-order valence-corrected chi connectivity index (χ4v) is 0.905. The van der Waals surface area contributed by atoms with E-state index in [2.05, 4.69) is 0 Å². The van der Waals surface area contributed by atoms with Crippen LogP contribution in [0.1, 0.15) is 20.8 Å². The Kier molecular flexibility index (Phi) is 2.19. The molecule has 2 amide bonds. The van der Waals surface area contributed by atoms with Gasteiger partial charge in [0.25, 0.3) is 0 Å². The van der Waals surface area contributed by atoms with E-state index >= 15 is 0 Å². The molecule has 1 heterocycles. The van der Waals surface area contributed by atoms with Crippen LogP contribution in [-0.4, -0.2) is 35.1 Å². The van der Waals surface area contributed by atoms with E-state index < -0.39 is 23.6 Å². The second-order valence-electron chi connectivity index (χ2n) is 4.05. The smallest absolute Gasteiger partial charge is 0.411 e. The van der Waals surface area contributed by atoms with Gasteiger partial charge in [-0.15, -0.1) is 0 Å². The minimum Gasteiger partial charge on any atom is -0.444 e. The molecule has 0 aromatic rings. The number of primary amides is 1. The number of nitrogens with zero attached hydrogens (tertiary/aromatic N) is 1. The van der Waals surface area contributed by atoms with Crippen LogP contribution in [-0.2, 0) is 9.53 Å². The van der Waals surface area contributed by atoms with Gasteiger partial charge in [0.15, 0.2) is 0 Å². The lowest BCUT2D eigenvalue weighted by Crippen LogP contribution is -2.30. The molecular formula is C8H14N2O3. The van der Waals surface area contributed by atoms with E-state index in [0.717, 1.165) is 0 Å². The molecule has 0 radical (unpaired) electrons. The Hall–Kier alpha value is -1.26. The molecule has 1 fully saturated rings. The Balaban J connectivity index is 2.40. The minimum absolute atomic E-state index is 0.379. The molecule has 5 heteroatoms. The molecule has 2 N–H and O–H groups in total. The molecule has 0 aliphatic carbocycles. The molecule has 1 saturated heterocycles. The number of nitrogens with two attached hydrogens (primary N) is 1. The predicted molar refractivity (Wildman–Crippen MR) is 45.9 cm³/mol. The monoisotopic (exact) mass is 186 g/mol. The molecule has 74 valence electrons. The van der Waals surface area contributed by atoms with E-state index in [4.69, 9.17) is 10.5 Å². The number of rotatable bonds is 1. The first-order valence-electron chi connectivity index (χ1n) is 4.10. The third-order valence-electron chi connectivity index (χ3n) is 1.57. The highest BCUT2D eigenvalue weighted by Gasteiger charge is 2.45. The van der Waals surface area contributed by atoms with Crippen LogP contribution in [0, 0.1) is 0 Å². The summed E-state index contributed by atoms with van der Waals surface area (Å²) in [6.45, 7) is 5.69. The van der Waals surface area contributed by atoms with Gasteiger partial charge in [-0.1, -0.05) is 0 Å². The molecular weight excluding hydrogens is 172 g/mol. The number of ether oxygens (including phenoxy) is 1. The first kappa shape index (κ1) is 9.83. The molecule has 1 aliphatic rings. The summed E-state index contributed by atoms with van der Waals surface area (Å²) >= 11 is 0. The molecule has 0 aromatic heterocycles. The fourth-order valence-electron chi connectivity index (χ4n) is 0.905. The molecule has 0 aromatic carbocycles. The van der Waals surface area contributed by atoms with Crippen LogP contribution in [0.4, 0.5) is 4.79 Å². The number of carbonyl (C=O) groups excluding carboxylic acids is 2. The average Bonchev–Trinajstić information content (AvgIpc) is 2.58. The van der Waals surface area contributed by atoms with Crippen LogP contribution in [0.5, 0.6) is 0 Å². The standard InChI is InChI=1S/C8H14N2O3/c1-8(2,3)13-7(12)10-4-5(10)6(9)11/h5H,4H2,1-3H3,(H2,9,11). The summed E-state index contributed by atoms with van der Waals surface area (Å²) in [5.41, 5.74) is 4.48. The van der Waals surface area contributed by atoms with E-state index in [1.54, 1.807) is 20.8 Å². The zero-order valence-electron chi connectivity index (χ0n) is 8.03. The Morgan fingerprint density at radius 1 is 1.46 bits per heavy atom. The van der Waals surface area contributed by atoms with Crippen LogP contribution >= 0.6 is 0 Å². The Bertz CT molecular complexity index is 244. The van der Waals surface area contributed by atoms with Crippen molar-refractivity contribution in [1.29, 1.82) is 0 Å². The molecule has 0 saturated carbocycles. The van der Waals surface area contributed by atoms with Crippen molar-refractivity contribution in [3.05, 3.63) is 0 Å². The van der Waals surface area contributed by atoms with Gasteiger partial charge in [-0.25, -0.2) is 4.79 Å². The lowest BCUT2D eigenvalue weighted by Gasteiger charge is -2.19. The fraction of sp³-hybridized carbons (Fsp3) is 0.750. The highest BCUT2D eigenvalue weighted by Crippen LogP contribution is 2.20. The molecule has 0 bridgehead atoms. The van der Waals surface area contributed by atoms with Crippen LogP contribution in [0.2, 0.25) is 0 Å². The SMILES string of the molecule is CC(C)(C)OC(=O)N1CC1C(N)=O. The van der Waals surface area contributed by atoms with Gasteiger partial charge in [-0.05, 0) is 20.8 Å². The Morgan fingerprint density at radius 2 is 2.00 bits per heavy atom. The van der Waals surface area contributed by atoms with Crippen molar-refractivity contribution in [3.63, 3.8) is 0 Å². The lowest BCUT2D eigenvalue weighted by molar-refractivity contribution is -0.118. The molecule has 1 unspecified atom stereocenters.